The fourth-order valence-corrected chi connectivity index (χ4v) is 2.84. The van der Waals surface area contributed by atoms with Crippen molar-refractivity contribution in [1.29, 1.82) is 0 Å². The van der Waals surface area contributed by atoms with E-state index in [1.807, 2.05) is 32.0 Å². The van der Waals surface area contributed by atoms with Crippen LogP contribution >= 0.6 is 0 Å². The van der Waals surface area contributed by atoms with E-state index < -0.39 is 0 Å². The zero-order chi connectivity index (χ0) is 20.8. The van der Waals surface area contributed by atoms with Gasteiger partial charge in [-0.25, -0.2) is 4.39 Å². The number of hydrogen-bond donors (Lipinski definition) is 2. The van der Waals surface area contributed by atoms with Crippen LogP contribution in [0.15, 0.2) is 66.7 Å². The first kappa shape index (κ1) is 20.1. The van der Waals surface area contributed by atoms with Gasteiger partial charge in [-0.05, 0) is 67.4 Å². The Balaban J connectivity index is 1.61. The van der Waals surface area contributed by atoms with Gasteiger partial charge in [-0.1, -0.05) is 24.3 Å². The molecular formula is C23H21FN2O3. The number of rotatable bonds is 6. The summed E-state index contributed by atoms with van der Waals surface area (Å²) in [6.45, 7) is 3.70. The molecule has 0 aliphatic rings. The van der Waals surface area contributed by atoms with Gasteiger partial charge in [-0.15, -0.1) is 0 Å². The summed E-state index contributed by atoms with van der Waals surface area (Å²) in [6.07, 6.45) is 0. The van der Waals surface area contributed by atoms with E-state index in [0.717, 1.165) is 11.1 Å². The van der Waals surface area contributed by atoms with Gasteiger partial charge < -0.3 is 15.4 Å². The van der Waals surface area contributed by atoms with Crippen LogP contribution in [0, 0.1) is 19.7 Å². The highest BCUT2D eigenvalue weighted by atomic mass is 19.1. The zero-order valence-corrected chi connectivity index (χ0v) is 16.2. The van der Waals surface area contributed by atoms with E-state index >= 15 is 0 Å². The van der Waals surface area contributed by atoms with E-state index in [0.29, 0.717) is 22.7 Å². The van der Waals surface area contributed by atoms with E-state index in [2.05, 4.69) is 10.6 Å². The zero-order valence-electron chi connectivity index (χ0n) is 16.2. The fraction of sp³-hybridized carbons (Fsp3) is 0.130. The average Bonchev–Trinajstić information content (AvgIpc) is 2.69. The third-order valence-electron chi connectivity index (χ3n) is 4.27. The van der Waals surface area contributed by atoms with Crippen LogP contribution in [-0.2, 0) is 4.79 Å². The lowest BCUT2D eigenvalue weighted by Crippen LogP contribution is -2.21. The fourth-order valence-electron chi connectivity index (χ4n) is 2.84. The summed E-state index contributed by atoms with van der Waals surface area (Å²) in [5.74, 6) is -0.380. The molecule has 0 saturated carbocycles. The lowest BCUT2D eigenvalue weighted by atomic mass is 10.1. The predicted octanol–water partition coefficient (Wildman–Crippen LogP) is 4.71. The van der Waals surface area contributed by atoms with Gasteiger partial charge >= 0.3 is 0 Å². The molecular weight excluding hydrogens is 371 g/mol. The summed E-state index contributed by atoms with van der Waals surface area (Å²) in [5, 5.41) is 5.41. The molecule has 3 aromatic carbocycles. The van der Waals surface area contributed by atoms with Crippen molar-refractivity contribution in [3.05, 3.63) is 89.2 Å². The van der Waals surface area contributed by atoms with Crippen molar-refractivity contribution in [1.82, 2.24) is 0 Å². The van der Waals surface area contributed by atoms with E-state index in [-0.39, 0.29) is 24.2 Å². The van der Waals surface area contributed by atoms with Crippen LogP contribution in [0.4, 0.5) is 15.8 Å². The first-order valence-electron chi connectivity index (χ1n) is 9.08. The average molecular weight is 392 g/mol. The number of hydrogen-bond acceptors (Lipinski definition) is 3. The topological polar surface area (TPSA) is 67.4 Å². The number of halogens is 1. The Hall–Kier alpha value is -3.67. The van der Waals surface area contributed by atoms with Gasteiger partial charge in [0.1, 0.15) is 11.6 Å². The highest BCUT2D eigenvalue weighted by molar-refractivity contribution is 6.05. The highest BCUT2D eigenvalue weighted by Gasteiger charge is 2.10. The van der Waals surface area contributed by atoms with Gasteiger partial charge in [0.2, 0.25) is 0 Å². The number of carbonyl (C=O) groups excluding carboxylic acids is 2. The molecule has 2 N–H and O–H groups in total. The van der Waals surface area contributed by atoms with Gasteiger partial charge in [0.25, 0.3) is 11.8 Å². The molecule has 0 aliphatic heterocycles. The summed E-state index contributed by atoms with van der Waals surface area (Å²) < 4.78 is 18.6. The second-order valence-electron chi connectivity index (χ2n) is 6.60. The monoisotopic (exact) mass is 392 g/mol. The third kappa shape index (κ3) is 5.42. The number of aryl methyl sites for hydroxylation is 2. The van der Waals surface area contributed by atoms with Gasteiger partial charge in [-0.3, -0.25) is 9.59 Å². The van der Waals surface area contributed by atoms with Crippen molar-refractivity contribution < 1.29 is 18.7 Å². The molecule has 0 saturated heterocycles. The maximum atomic E-state index is 13.0. The maximum Gasteiger partial charge on any atom is 0.262 e. The Bertz CT molecular complexity index is 1010. The quantitative estimate of drug-likeness (QED) is 0.638. The van der Waals surface area contributed by atoms with Gasteiger partial charge in [0, 0.05) is 16.9 Å². The number of carbonyl (C=O) groups is 2. The van der Waals surface area contributed by atoms with Crippen LogP contribution in [0.5, 0.6) is 5.75 Å². The molecule has 0 atom stereocenters. The van der Waals surface area contributed by atoms with Crippen molar-refractivity contribution in [3.8, 4) is 5.75 Å². The Morgan fingerprint density at radius 1 is 0.862 bits per heavy atom. The lowest BCUT2D eigenvalue weighted by Gasteiger charge is -2.12. The molecule has 0 spiro atoms. The molecule has 0 bridgehead atoms. The minimum absolute atomic E-state index is 0.141. The van der Waals surface area contributed by atoms with E-state index in [4.69, 9.17) is 4.74 Å². The molecule has 0 unspecified atom stereocenters. The maximum absolute atomic E-state index is 13.0. The number of benzene rings is 3. The van der Waals surface area contributed by atoms with Crippen LogP contribution in [0.1, 0.15) is 21.5 Å². The van der Waals surface area contributed by atoms with Crippen molar-refractivity contribution >= 4 is 23.2 Å². The van der Waals surface area contributed by atoms with Crippen molar-refractivity contribution in [3.63, 3.8) is 0 Å². The predicted molar refractivity (Wildman–Crippen MR) is 111 cm³/mol. The van der Waals surface area contributed by atoms with Crippen molar-refractivity contribution in [2.45, 2.75) is 13.8 Å². The number of nitrogens with one attached hydrogen (secondary N) is 2. The molecule has 0 aliphatic carbocycles. The Morgan fingerprint density at radius 2 is 1.52 bits per heavy atom. The first-order chi connectivity index (χ1) is 13.9. The van der Waals surface area contributed by atoms with Gasteiger partial charge in [0.15, 0.2) is 6.61 Å². The standard InChI is InChI=1S/C23H21FN2O3/c1-15-5-3-6-16(2)22(15)29-14-21(27)25-20-8-4-7-17(13-20)23(28)26-19-11-9-18(24)10-12-19/h3-13H,14H2,1-2H3,(H,25,27)(H,26,28). The number of amides is 2. The summed E-state index contributed by atoms with van der Waals surface area (Å²) in [4.78, 5) is 24.6. The molecule has 29 heavy (non-hydrogen) atoms. The smallest absolute Gasteiger partial charge is 0.262 e. The molecule has 0 fully saturated rings. The Morgan fingerprint density at radius 3 is 2.21 bits per heavy atom. The van der Waals surface area contributed by atoms with Crippen molar-refractivity contribution in [2.75, 3.05) is 17.2 Å². The minimum atomic E-state index is -0.379. The molecule has 0 heterocycles. The van der Waals surface area contributed by atoms with E-state index in [9.17, 15) is 14.0 Å². The molecule has 5 nitrogen and oxygen atoms in total. The molecule has 3 rings (SSSR count). The summed E-state index contributed by atoms with van der Waals surface area (Å²) in [6, 6.07) is 17.8. The van der Waals surface area contributed by atoms with Gasteiger partial charge in [0.05, 0.1) is 0 Å². The molecule has 0 aromatic heterocycles. The summed E-state index contributed by atoms with van der Waals surface area (Å²) in [7, 11) is 0. The van der Waals surface area contributed by atoms with Gasteiger partial charge in [-0.2, -0.15) is 0 Å². The van der Waals surface area contributed by atoms with Crippen molar-refractivity contribution in [2.24, 2.45) is 0 Å². The molecule has 6 heteroatoms. The van der Waals surface area contributed by atoms with Crippen LogP contribution in [0.2, 0.25) is 0 Å². The Labute approximate surface area is 168 Å². The van der Waals surface area contributed by atoms with Crippen LogP contribution in [-0.4, -0.2) is 18.4 Å². The number of para-hydroxylation sites is 1. The second-order valence-corrected chi connectivity index (χ2v) is 6.60. The molecule has 3 aromatic rings. The van der Waals surface area contributed by atoms with E-state index in [1.165, 1.54) is 24.3 Å². The largest absolute Gasteiger partial charge is 0.483 e. The summed E-state index contributed by atoms with van der Waals surface area (Å²) in [5.41, 5.74) is 3.23. The molecule has 0 radical (unpaired) electrons. The number of anilines is 2. The van der Waals surface area contributed by atoms with Crippen LogP contribution in [0.25, 0.3) is 0 Å². The highest BCUT2D eigenvalue weighted by Crippen LogP contribution is 2.22. The molecule has 148 valence electrons. The lowest BCUT2D eigenvalue weighted by molar-refractivity contribution is -0.118. The minimum Gasteiger partial charge on any atom is -0.483 e. The molecule has 2 amide bonds. The Kier molecular flexibility index (Phi) is 6.24. The normalized spacial score (nSPS) is 10.3. The first-order valence-corrected chi connectivity index (χ1v) is 9.08. The second kappa shape index (κ2) is 9.01. The van der Waals surface area contributed by atoms with Crippen LogP contribution < -0.4 is 15.4 Å². The SMILES string of the molecule is Cc1cccc(C)c1OCC(=O)Nc1cccc(C(=O)Nc2ccc(F)cc2)c1. The number of ether oxygens (including phenoxy) is 1. The third-order valence-corrected chi connectivity index (χ3v) is 4.27. The van der Waals surface area contributed by atoms with E-state index in [1.54, 1.807) is 24.3 Å². The summed E-state index contributed by atoms with van der Waals surface area (Å²) >= 11 is 0. The van der Waals surface area contributed by atoms with Crippen LogP contribution in [0.3, 0.4) is 0 Å².